The number of hydrogen-bond acceptors (Lipinski definition) is 7. The van der Waals surface area contributed by atoms with E-state index in [1.807, 2.05) is 18.3 Å². The number of methoxy groups -OCH3 is 1. The Balaban J connectivity index is 1.57. The van der Waals surface area contributed by atoms with Crippen LogP contribution in [0.25, 0.3) is 11.3 Å². The second-order valence-electron chi connectivity index (χ2n) is 6.88. The van der Waals surface area contributed by atoms with E-state index < -0.39 is 4.92 Å². The first-order chi connectivity index (χ1) is 14.2. The van der Waals surface area contributed by atoms with Crippen LogP contribution in [0.3, 0.4) is 0 Å². The smallest absolute Gasteiger partial charge is 0.284 e. The summed E-state index contributed by atoms with van der Waals surface area (Å²) < 4.78 is 11.1. The fraction of sp³-hybridized carbons (Fsp3) is 0.286. The summed E-state index contributed by atoms with van der Waals surface area (Å²) in [6.07, 6.45) is 3.66. The minimum atomic E-state index is -0.422. The van der Waals surface area contributed by atoms with E-state index in [4.69, 9.17) is 9.15 Å². The maximum Gasteiger partial charge on any atom is 0.284 e. The summed E-state index contributed by atoms with van der Waals surface area (Å²) in [6, 6.07) is 12.6. The quantitative estimate of drug-likeness (QED) is 0.506. The SMILES string of the molecule is COc1ccc(-c2ccc(CN3CCNCC3c3cccnc3)o2)c([N+](=O)[O-])c1. The number of piperazine rings is 1. The van der Waals surface area contributed by atoms with Gasteiger partial charge in [-0.25, -0.2) is 0 Å². The van der Waals surface area contributed by atoms with Gasteiger partial charge in [-0.15, -0.1) is 0 Å². The fourth-order valence-electron chi connectivity index (χ4n) is 3.64. The molecule has 0 radical (unpaired) electrons. The highest BCUT2D eigenvalue weighted by atomic mass is 16.6. The first-order valence-electron chi connectivity index (χ1n) is 9.42. The van der Waals surface area contributed by atoms with Gasteiger partial charge in [0.15, 0.2) is 0 Å². The second kappa shape index (κ2) is 8.42. The second-order valence-corrected chi connectivity index (χ2v) is 6.88. The summed E-state index contributed by atoms with van der Waals surface area (Å²) in [6.45, 7) is 3.22. The fourth-order valence-corrected chi connectivity index (χ4v) is 3.64. The molecule has 1 aromatic carbocycles. The van der Waals surface area contributed by atoms with Gasteiger partial charge in [-0.1, -0.05) is 6.07 Å². The topological polar surface area (TPSA) is 93.7 Å². The van der Waals surface area contributed by atoms with Crippen LogP contribution in [0.15, 0.2) is 59.3 Å². The van der Waals surface area contributed by atoms with Crippen molar-refractivity contribution in [2.75, 3.05) is 26.7 Å². The molecule has 1 unspecified atom stereocenters. The van der Waals surface area contributed by atoms with Gasteiger partial charge in [-0.3, -0.25) is 20.0 Å². The standard InChI is InChI=1S/C21H22N4O4/c1-28-16-4-6-18(19(11-16)25(26)27)21-7-5-17(29-21)14-24-10-9-23-13-20(24)15-3-2-8-22-12-15/h2-8,11-12,20,23H,9-10,13-14H2,1H3. The van der Waals surface area contributed by atoms with Crippen LogP contribution in [0.4, 0.5) is 5.69 Å². The lowest BCUT2D eigenvalue weighted by Gasteiger charge is -2.35. The highest BCUT2D eigenvalue weighted by Crippen LogP contribution is 2.35. The predicted molar refractivity (Wildman–Crippen MR) is 108 cm³/mol. The number of hydrogen-bond donors (Lipinski definition) is 1. The van der Waals surface area contributed by atoms with Crippen LogP contribution in [-0.4, -0.2) is 41.6 Å². The Morgan fingerprint density at radius 3 is 3.00 bits per heavy atom. The number of pyridine rings is 1. The number of aromatic nitrogens is 1. The molecule has 1 atom stereocenters. The number of benzene rings is 1. The van der Waals surface area contributed by atoms with Crippen LogP contribution in [0, 0.1) is 10.1 Å². The molecule has 1 saturated heterocycles. The number of ether oxygens (including phenoxy) is 1. The van der Waals surface area contributed by atoms with Crippen molar-refractivity contribution in [3.63, 3.8) is 0 Å². The van der Waals surface area contributed by atoms with Gasteiger partial charge < -0.3 is 14.5 Å². The minimum Gasteiger partial charge on any atom is -0.497 e. The Morgan fingerprint density at radius 1 is 1.34 bits per heavy atom. The molecule has 3 heterocycles. The lowest BCUT2D eigenvalue weighted by atomic mass is 10.1. The number of nitrogens with zero attached hydrogens (tertiary/aromatic N) is 3. The largest absolute Gasteiger partial charge is 0.497 e. The summed E-state index contributed by atoms with van der Waals surface area (Å²) in [5.74, 6) is 1.68. The van der Waals surface area contributed by atoms with E-state index in [9.17, 15) is 10.1 Å². The Kier molecular flexibility index (Phi) is 5.55. The number of nitro groups is 1. The molecule has 0 amide bonds. The summed E-state index contributed by atoms with van der Waals surface area (Å²) in [5, 5.41) is 14.9. The first kappa shape index (κ1) is 19.1. The van der Waals surface area contributed by atoms with Gasteiger partial charge in [0.2, 0.25) is 0 Å². The van der Waals surface area contributed by atoms with Gasteiger partial charge in [0, 0.05) is 38.1 Å². The Labute approximate surface area is 168 Å². The summed E-state index contributed by atoms with van der Waals surface area (Å²) in [5.41, 5.74) is 1.55. The molecule has 1 aliphatic heterocycles. The van der Waals surface area contributed by atoms with Crippen molar-refractivity contribution in [1.82, 2.24) is 15.2 Å². The van der Waals surface area contributed by atoms with Crippen LogP contribution in [0.1, 0.15) is 17.4 Å². The molecule has 1 fully saturated rings. The van der Waals surface area contributed by atoms with Crippen LogP contribution in [0.2, 0.25) is 0 Å². The molecule has 0 bridgehead atoms. The van der Waals surface area contributed by atoms with Crippen molar-refractivity contribution in [1.29, 1.82) is 0 Å². The molecule has 8 nitrogen and oxygen atoms in total. The predicted octanol–water partition coefficient (Wildman–Crippen LogP) is 3.40. The van der Waals surface area contributed by atoms with Crippen LogP contribution < -0.4 is 10.1 Å². The normalized spacial score (nSPS) is 17.2. The zero-order valence-electron chi connectivity index (χ0n) is 16.1. The zero-order valence-corrected chi connectivity index (χ0v) is 16.1. The van der Waals surface area contributed by atoms with E-state index in [2.05, 4.69) is 21.3 Å². The Morgan fingerprint density at radius 2 is 2.24 bits per heavy atom. The molecule has 0 saturated carbocycles. The minimum absolute atomic E-state index is 0.0411. The molecule has 1 N–H and O–H groups in total. The van der Waals surface area contributed by atoms with E-state index >= 15 is 0 Å². The maximum atomic E-state index is 11.5. The van der Waals surface area contributed by atoms with Crippen molar-refractivity contribution in [3.05, 3.63) is 76.3 Å². The van der Waals surface area contributed by atoms with Crippen molar-refractivity contribution in [2.45, 2.75) is 12.6 Å². The summed E-state index contributed by atoms with van der Waals surface area (Å²) >= 11 is 0. The van der Waals surface area contributed by atoms with Gasteiger partial charge in [-0.05, 0) is 35.9 Å². The van der Waals surface area contributed by atoms with Crippen LogP contribution in [0.5, 0.6) is 5.75 Å². The molecule has 0 aliphatic carbocycles. The average Bonchev–Trinajstić information content (AvgIpc) is 3.22. The van der Waals surface area contributed by atoms with Gasteiger partial charge >= 0.3 is 0 Å². The van der Waals surface area contributed by atoms with Gasteiger partial charge in [0.25, 0.3) is 5.69 Å². The molecule has 1 aliphatic rings. The summed E-state index contributed by atoms with van der Waals surface area (Å²) in [4.78, 5) is 17.6. The third kappa shape index (κ3) is 4.13. The molecular weight excluding hydrogens is 372 g/mol. The Bertz CT molecular complexity index is 989. The van der Waals surface area contributed by atoms with E-state index in [0.717, 1.165) is 31.0 Å². The molecule has 150 valence electrons. The highest BCUT2D eigenvalue weighted by Gasteiger charge is 2.25. The first-order valence-corrected chi connectivity index (χ1v) is 9.42. The lowest BCUT2D eigenvalue weighted by Crippen LogP contribution is -2.45. The Hall–Kier alpha value is -3.23. The number of nitrogens with one attached hydrogen (secondary N) is 1. The number of rotatable bonds is 6. The number of furan rings is 1. The van der Waals surface area contributed by atoms with Crippen molar-refractivity contribution >= 4 is 5.69 Å². The highest BCUT2D eigenvalue weighted by molar-refractivity contribution is 5.71. The van der Waals surface area contributed by atoms with Gasteiger partial charge in [0.1, 0.15) is 17.3 Å². The maximum absolute atomic E-state index is 11.5. The van der Waals surface area contributed by atoms with E-state index in [0.29, 0.717) is 23.6 Å². The van der Waals surface area contributed by atoms with Gasteiger partial charge in [0.05, 0.1) is 30.2 Å². The summed E-state index contributed by atoms with van der Waals surface area (Å²) in [7, 11) is 1.48. The third-order valence-electron chi connectivity index (χ3n) is 5.11. The van der Waals surface area contributed by atoms with Crippen LogP contribution >= 0.6 is 0 Å². The lowest BCUT2D eigenvalue weighted by molar-refractivity contribution is -0.384. The van der Waals surface area contributed by atoms with Crippen molar-refractivity contribution < 1.29 is 14.1 Å². The van der Waals surface area contributed by atoms with E-state index in [-0.39, 0.29) is 11.7 Å². The molecule has 2 aromatic heterocycles. The zero-order chi connectivity index (χ0) is 20.2. The average molecular weight is 394 g/mol. The van der Waals surface area contributed by atoms with Crippen LogP contribution in [-0.2, 0) is 6.54 Å². The molecular formula is C21H22N4O4. The molecule has 8 heteroatoms. The monoisotopic (exact) mass is 394 g/mol. The van der Waals surface area contributed by atoms with Crippen molar-refractivity contribution in [3.8, 4) is 17.1 Å². The molecule has 4 rings (SSSR count). The number of nitro benzene ring substituents is 1. The van der Waals surface area contributed by atoms with Gasteiger partial charge in [-0.2, -0.15) is 0 Å². The van der Waals surface area contributed by atoms with E-state index in [1.165, 1.54) is 13.2 Å². The molecule has 3 aromatic rings. The molecule has 29 heavy (non-hydrogen) atoms. The van der Waals surface area contributed by atoms with E-state index in [1.54, 1.807) is 24.4 Å². The third-order valence-corrected chi connectivity index (χ3v) is 5.11. The molecule has 0 spiro atoms. The van der Waals surface area contributed by atoms with Crippen molar-refractivity contribution in [2.24, 2.45) is 0 Å².